The van der Waals surface area contributed by atoms with Gasteiger partial charge in [0.25, 0.3) is 0 Å². The number of rotatable bonds is 5. The molecule has 0 spiro atoms. The van der Waals surface area contributed by atoms with Crippen LogP contribution in [0.4, 0.5) is 13.2 Å². The summed E-state index contributed by atoms with van der Waals surface area (Å²) in [7, 11) is -2.29. The van der Waals surface area contributed by atoms with Crippen molar-refractivity contribution in [3.63, 3.8) is 0 Å². The SMILES string of the molecule is Cn1cc(CNC(=O)C2CCN(S(=O)(=O)c3cccc(C(F)(F)F)c3)CC2)cn1. The van der Waals surface area contributed by atoms with Gasteiger partial charge in [0.2, 0.25) is 15.9 Å². The lowest BCUT2D eigenvalue weighted by atomic mass is 9.97. The lowest BCUT2D eigenvalue weighted by Crippen LogP contribution is -2.42. The fourth-order valence-corrected chi connectivity index (χ4v) is 4.75. The van der Waals surface area contributed by atoms with E-state index in [0.717, 1.165) is 28.1 Å². The van der Waals surface area contributed by atoms with Crippen molar-refractivity contribution in [1.29, 1.82) is 0 Å². The van der Waals surface area contributed by atoms with Crippen molar-refractivity contribution in [3.05, 3.63) is 47.8 Å². The summed E-state index contributed by atoms with van der Waals surface area (Å²) in [4.78, 5) is 11.9. The Hall–Kier alpha value is -2.40. The molecule has 1 N–H and O–H groups in total. The molecule has 1 saturated heterocycles. The molecule has 158 valence electrons. The Bertz CT molecular complexity index is 980. The number of piperidine rings is 1. The molecule has 11 heteroatoms. The third-order valence-electron chi connectivity index (χ3n) is 4.85. The first-order valence-electron chi connectivity index (χ1n) is 9.00. The van der Waals surface area contributed by atoms with Gasteiger partial charge in [-0.15, -0.1) is 0 Å². The molecule has 29 heavy (non-hydrogen) atoms. The number of aryl methyl sites for hydroxylation is 1. The molecular weight excluding hydrogens is 409 g/mol. The van der Waals surface area contributed by atoms with Crippen LogP contribution in [0.3, 0.4) is 0 Å². The van der Waals surface area contributed by atoms with Gasteiger partial charge in [0.1, 0.15) is 0 Å². The maximum absolute atomic E-state index is 12.9. The van der Waals surface area contributed by atoms with Crippen molar-refractivity contribution in [2.24, 2.45) is 13.0 Å². The average molecular weight is 430 g/mol. The number of carbonyl (C=O) groups is 1. The number of alkyl halides is 3. The first-order valence-corrected chi connectivity index (χ1v) is 10.4. The van der Waals surface area contributed by atoms with E-state index in [0.29, 0.717) is 25.5 Å². The van der Waals surface area contributed by atoms with E-state index in [2.05, 4.69) is 10.4 Å². The molecule has 0 radical (unpaired) electrons. The molecule has 3 rings (SSSR count). The highest BCUT2D eigenvalue weighted by atomic mass is 32.2. The molecule has 1 fully saturated rings. The van der Waals surface area contributed by atoms with E-state index in [4.69, 9.17) is 0 Å². The highest BCUT2D eigenvalue weighted by Gasteiger charge is 2.35. The number of amides is 1. The van der Waals surface area contributed by atoms with Crippen LogP contribution < -0.4 is 5.32 Å². The van der Waals surface area contributed by atoms with E-state index in [9.17, 15) is 26.4 Å². The molecule has 0 bridgehead atoms. The van der Waals surface area contributed by atoms with Gasteiger partial charge < -0.3 is 5.32 Å². The number of carbonyl (C=O) groups excluding carboxylic acids is 1. The number of sulfonamides is 1. The Morgan fingerprint density at radius 1 is 1.28 bits per heavy atom. The van der Waals surface area contributed by atoms with Gasteiger partial charge in [-0.05, 0) is 31.0 Å². The summed E-state index contributed by atoms with van der Waals surface area (Å²) < 4.78 is 66.8. The highest BCUT2D eigenvalue weighted by Crippen LogP contribution is 2.32. The van der Waals surface area contributed by atoms with E-state index in [-0.39, 0.29) is 24.9 Å². The van der Waals surface area contributed by atoms with Gasteiger partial charge in [-0.1, -0.05) is 6.07 Å². The van der Waals surface area contributed by atoms with E-state index < -0.39 is 26.7 Å². The Balaban J connectivity index is 1.60. The summed E-state index contributed by atoms with van der Waals surface area (Å²) in [6, 6.07) is 3.70. The van der Waals surface area contributed by atoms with Crippen LogP contribution in [0, 0.1) is 5.92 Å². The lowest BCUT2D eigenvalue weighted by molar-refractivity contribution is -0.137. The van der Waals surface area contributed by atoms with Gasteiger partial charge in [-0.25, -0.2) is 8.42 Å². The van der Waals surface area contributed by atoms with Crippen LogP contribution in [-0.4, -0.2) is 41.5 Å². The van der Waals surface area contributed by atoms with Gasteiger partial charge in [-0.2, -0.15) is 22.6 Å². The molecule has 0 aliphatic carbocycles. The van der Waals surface area contributed by atoms with Crippen LogP contribution in [0.5, 0.6) is 0 Å². The quantitative estimate of drug-likeness (QED) is 0.788. The zero-order valence-corrected chi connectivity index (χ0v) is 16.5. The van der Waals surface area contributed by atoms with Crippen LogP contribution in [0.25, 0.3) is 0 Å². The van der Waals surface area contributed by atoms with Crippen molar-refractivity contribution in [2.75, 3.05) is 13.1 Å². The predicted molar refractivity (Wildman–Crippen MR) is 98.0 cm³/mol. The maximum Gasteiger partial charge on any atom is 0.416 e. The molecule has 1 aromatic heterocycles. The van der Waals surface area contributed by atoms with Gasteiger partial charge in [0.05, 0.1) is 16.7 Å². The first kappa shape index (κ1) is 21.3. The number of hydrogen-bond acceptors (Lipinski definition) is 4. The van der Waals surface area contributed by atoms with Gasteiger partial charge in [0.15, 0.2) is 0 Å². The summed E-state index contributed by atoms with van der Waals surface area (Å²) >= 11 is 0. The fraction of sp³-hybridized carbons (Fsp3) is 0.444. The highest BCUT2D eigenvalue weighted by molar-refractivity contribution is 7.89. The summed E-state index contributed by atoms with van der Waals surface area (Å²) in [6.07, 6.45) is -0.589. The van der Waals surface area contributed by atoms with Crippen molar-refractivity contribution in [1.82, 2.24) is 19.4 Å². The molecule has 1 aliphatic rings. The number of halogens is 3. The minimum absolute atomic E-state index is 0.0730. The van der Waals surface area contributed by atoms with Gasteiger partial charge in [-0.3, -0.25) is 9.48 Å². The van der Waals surface area contributed by atoms with Crippen LogP contribution in [0.2, 0.25) is 0 Å². The maximum atomic E-state index is 12.9. The number of nitrogens with one attached hydrogen (secondary N) is 1. The first-order chi connectivity index (χ1) is 13.6. The molecule has 1 aromatic carbocycles. The molecule has 1 aliphatic heterocycles. The molecule has 0 unspecified atom stereocenters. The van der Waals surface area contributed by atoms with Crippen LogP contribution in [0.15, 0.2) is 41.6 Å². The second-order valence-corrected chi connectivity index (χ2v) is 8.88. The third kappa shape index (κ3) is 4.96. The van der Waals surface area contributed by atoms with Crippen molar-refractivity contribution in [3.8, 4) is 0 Å². The molecule has 2 heterocycles. The Labute approximate surface area is 166 Å². The van der Waals surface area contributed by atoms with Crippen molar-refractivity contribution < 1.29 is 26.4 Å². The normalized spacial score (nSPS) is 16.7. The molecule has 2 aromatic rings. The van der Waals surface area contributed by atoms with Gasteiger partial charge in [0, 0.05) is 44.4 Å². The zero-order chi connectivity index (χ0) is 21.2. The summed E-state index contributed by atoms with van der Waals surface area (Å²) in [5, 5.41) is 6.82. The number of nitrogens with zero attached hydrogens (tertiary/aromatic N) is 3. The van der Waals surface area contributed by atoms with Crippen LogP contribution in [-0.2, 0) is 34.6 Å². The predicted octanol–water partition coefficient (Wildman–Crippen LogP) is 2.16. The third-order valence-corrected chi connectivity index (χ3v) is 6.74. The molecule has 0 saturated carbocycles. The number of hydrogen-bond donors (Lipinski definition) is 1. The van der Waals surface area contributed by atoms with Crippen LogP contribution in [0.1, 0.15) is 24.0 Å². The summed E-state index contributed by atoms with van der Waals surface area (Å²) in [6.45, 7) is 0.475. The average Bonchev–Trinajstić information content (AvgIpc) is 3.11. The summed E-state index contributed by atoms with van der Waals surface area (Å²) in [5.74, 6) is -0.524. The van der Waals surface area contributed by atoms with Crippen molar-refractivity contribution >= 4 is 15.9 Å². The number of aromatic nitrogens is 2. The number of benzene rings is 1. The van der Waals surface area contributed by atoms with E-state index >= 15 is 0 Å². The standard InChI is InChI=1S/C18H21F3N4O3S/c1-24-12-13(11-23-24)10-22-17(26)14-5-7-25(8-6-14)29(27,28)16-4-2-3-15(9-16)18(19,20)21/h2-4,9,11-12,14H,5-8,10H2,1H3,(H,22,26). The van der Waals surface area contributed by atoms with Crippen molar-refractivity contribution in [2.45, 2.75) is 30.5 Å². The molecule has 7 nitrogen and oxygen atoms in total. The minimum atomic E-state index is -4.62. The topological polar surface area (TPSA) is 84.3 Å². The van der Waals surface area contributed by atoms with Gasteiger partial charge >= 0.3 is 6.18 Å². The Morgan fingerprint density at radius 2 is 1.97 bits per heavy atom. The Kier molecular flexibility index (Phi) is 5.99. The van der Waals surface area contributed by atoms with Crippen LogP contribution >= 0.6 is 0 Å². The minimum Gasteiger partial charge on any atom is -0.352 e. The smallest absolute Gasteiger partial charge is 0.352 e. The monoisotopic (exact) mass is 430 g/mol. The second-order valence-electron chi connectivity index (χ2n) is 6.94. The largest absolute Gasteiger partial charge is 0.416 e. The molecule has 0 atom stereocenters. The second kappa shape index (κ2) is 8.15. The van der Waals surface area contributed by atoms with E-state index in [1.807, 2.05) is 0 Å². The molecular formula is C18H21F3N4O3S. The fourth-order valence-electron chi connectivity index (χ4n) is 3.24. The van der Waals surface area contributed by atoms with E-state index in [1.54, 1.807) is 24.1 Å². The Morgan fingerprint density at radius 3 is 2.55 bits per heavy atom. The van der Waals surface area contributed by atoms with E-state index in [1.165, 1.54) is 0 Å². The summed E-state index contributed by atoms with van der Waals surface area (Å²) in [5.41, 5.74) is -0.159. The molecule has 1 amide bonds. The lowest BCUT2D eigenvalue weighted by Gasteiger charge is -2.30. The zero-order valence-electron chi connectivity index (χ0n) is 15.7.